The van der Waals surface area contributed by atoms with E-state index >= 15 is 0 Å². The summed E-state index contributed by atoms with van der Waals surface area (Å²) in [6.45, 7) is 6.39. The Kier molecular flexibility index (Phi) is 3.37. The molecule has 0 aromatic heterocycles. The Bertz CT molecular complexity index is 439. The lowest BCUT2D eigenvalue weighted by Crippen LogP contribution is -2.24. The molecule has 0 saturated carbocycles. The van der Waals surface area contributed by atoms with Gasteiger partial charge < -0.3 is 0 Å². The van der Waals surface area contributed by atoms with Gasteiger partial charge in [0.1, 0.15) is 0 Å². The largest absolute Gasteiger partial charge is 0.417 e. The van der Waals surface area contributed by atoms with Crippen LogP contribution in [0.25, 0.3) is 0 Å². The van der Waals surface area contributed by atoms with Crippen LogP contribution in [0.5, 0.6) is 0 Å². The van der Waals surface area contributed by atoms with E-state index in [0.29, 0.717) is 5.56 Å². The van der Waals surface area contributed by atoms with Crippen molar-refractivity contribution in [2.45, 2.75) is 33.9 Å². The maximum Gasteiger partial charge on any atom is 0.417 e. The van der Waals surface area contributed by atoms with E-state index in [0.717, 1.165) is 6.07 Å². The molecule has 0 amide bonds. The van der Waals surface area contributed by atoms with Crippen LogP contribution in [0.2, 0.25) is 0 Å². The predicted molar refractivity (Wildman–Crippen MR) is 60.0 cm³/mol. The van der Waals surface area contributed by atoms with E-state index < -0.39 is 22.9 Å². The zero-order valence-electron chi connectivity index (χ0n) is 10.3. The summed E-state index contributed by atoms with van der Waals surface area (Å²) in [6.07, 6.45) is -4.50. The fourth-order valence-electron chi connectivity index (χ4n) is 1.49. The van der Waals surface area contributed by atoms with E-state index in [1.165, 1.54) is 12.1 Å². The lowest BCUT2D eigenvalue weighted by Gasteiger charge is -2.20. The van der Waals surface area contributed by atoms with Crippen LogP contribution >= 0.6 is 0 Å². The Labute approximate surface area is 98.6 Å². The van der Waals surface area contributed by atoms with Gasteiger partial charge in [-0.25, -0.2) is 0 Å². The summed E-state index contributed by atoms with van der Waals surface area (Å²) in [5.41, 5.74) is -1.44. The Morgan fingerprint density at radius 1 is 1.12 bits per heavy atom. The molecule has 0 heterocycles. The average molecular weight is 244 g/mol. The fraction of sp³-hybridized carbons (Fsp3) is 0.462. The van der Waals surface area contributed by atoms with Crippen molar-refractivity contribution in [3.05, 3.63) is 34.9 Å². The van der Waals surface area contributed by atoms with Crippen LogP contribution < -0.4 is 0 Å². The van der Waals surface area contributed by atoms with Crippen LogP contribution in [-0.2, 0) is 6.18 Å². The topological polar surface area (TPSA) is 17.1 Å². The maximum atomic E-state index is 12.8. The second-order valence-electron chi connectivity index (χ2n) is 5.13. The van der Waals surface area contributed by atoms with Gasteiger partial charge in [0.15, 0.2) is 5.78 Å². The van der Waals surface area contributed by atoms with Crippen LogP contribution in [0.3, 0.4) is 0 Å². The number of alkyl halides is 3. The number of halogens is 3. The van der Waals surface area contributed by atoms with E-state index in [1.54, 1.807) is 27.7 Å². The van der Waals surface area contributed by atoms with E-state index in [1.807, 2.05) is 0 Å². The maximum absolute atomic E-state index is 12.8. The first-order valence-electron chi connectivity index (χ1n) is 5.26. The number of carbonyl (C=O) groups excluding carboxylic acids is 1. The lowest BCUT2D eigenvalue weighted by molar-refractivity contribution is -0.138. The zero-order chi connectivity index (χ0) is 13.4. The monoisotopic (exact) mass is 244 g/mol. The summed E-state index contributed by atoms with van der Waals surface area (Å²) < 4.78 is 38.5. The zero-order valence-corrected chi connectivity index (χ0v) is 10.3. The van der Waals surface area contributed by atoms with E-state index in [-0.39, 0.29) is 5.56 Å². The van der Waals surface area contributed by atoms with Crippen molar-refractivity contribution in [1.82, 2.24) is 0 Å². The van der Waals surface area contributed by atoms with Gasteiger partial charge in [-0.1, -0.05) is 38.5 Å². The van der Waals surface area contributed by atoms with Crippen molar-refractivity contribution in [2.24, 2.45) is 5.41 Å². The first kappa shape index (κ1) is 13.7. The highest BCUT2D eigenvalue weighted by Crippen LogP contribution is 2.35. The SMILES string of the molecule is Cc1ccc(C(=O)C(C)(C)C)c(C(F)(F)F)c1. The molecule has 1 nitrogen and oxygen atoms in total. The van der Waals surface area contributed by atoms with Gasteiger partial charge in [-0.2, -0.15) is 13.2 Å². The smallest absolute Gasteiger partial charge is 0.294 e. The molecule has 1 aromatic rings. The third-order valence-electron chi connectivity index (χ3n) is 2.41. The van der Waals surface area contributed by atoms with Crippen molar-refractivity contribution >= 4 is 5.78 Å². The Morgan fingerprint density at radius 2 is 1.65 bits per heavy atom. The molecule has 0 aliphatic rings. The molecule has 0 fully saturated rings. The molecular formula is C13H15F3O. The molecule has 0 saturated heterocycles. The number of Topliss-reactive ketones (excluding diaryl/α,β-unsaturated/α-hetero) is 1. The van der Waals surface area contributed by atoms with Gasteiger partial charge in [0, 0.05) is 11.0 Å². The Hall–Kier alpha value is -1.32. The normalized spacial score (nSPS) is 12.6. The number of hydrogen-bond acceptors (Lipinski definition) is 1. The fourth-order valence-corrected chi connectivity index (χ4v) is 1.49. The minimum absolute atomic E-state index is 0.254. The second-order valence-corrected chi connectivity index (χ2v) is 5.13. The number of rotatable bonds is 1. The van der Waals surface area contributed by atoms with Crippen LogP contribution in [0.1, 0.15) is 42.3 Å². The number of ketones is 1. The highest BCUT2D eigenvalue weighted by molar-refractivity contribution is 6.01. The molecule has 94 valence electrons. The highest BCUT2D eigenvalue weighted by Gasteiger charge is 2.37. The third kappa shape index (κ3) is 3.08. The van der Waals surface area contributed by atoms with Gasteiger partial charge in [-0.15, -0.1) is 0 Å². The van der Waals surface area contributed by atoms with E-state index in [9.17, 15) is 18.0 Å². The van der Waals surface area contributed by atoms with Crippen LogP contribution in [0.15, 0.2) is 18.2 Å². The first-order valence-corrected chi connectivity index (χ1v) is 5.26. The molecule has 17 heavy (non-hydrogen) atoms. The summed E-state index contributed by atoms with van der Waals surface area (Å²) in [6, 6.07) is 3.79. The van der Waals surface area contributed by atoms with Crippen molar-refractivity contribution in [3.8, 4) is 0 Å². The van der Waals surface area contributed by atoms with E-state index in [2.05, 4.69) is 0 Å². The van der Waals surface area contributed by atoms with Gasteiger partial charge in [0.25, 0.3) is 0 Å². The minimum atomic E-state index is -4.50. The first-order chi connectivity index (χ1) is 7.53. The summed E-state index contributed by atoms with van der Waals surface area (Å²) in [4.78, 5) is 11.9. The van der Waals surface area contributed by atoms with Gasteiger partial charge in [0.2, 0.25) is 0 Å². The van der Waals surface area contributed by atoms with Crippen molar-refractivity contribution in [3.63, 3.8) is 0 Å². The predicted octanol–water partition coefficient (Wildman–Crippen LogP) is 4.24. The number of hydrogen-bond donors (Lipinski definition) is 0. The van der Waals surface area contributed by atoms with Crippen molar-refractivity contribution < 1.29 is 18.0 Å². The highest BCUT2D eigenvalue weighted by atomic mass is 19.4. The third-order valence-corrected chi connectivity index (χ3v) is 2.41. The summed E-state index contributed by atoms with van der Waals surface area (Å²) in [5, 5.41) is 0. The van der Waals surface area contributed by atoms with E-state index in [4.69, 9.17) is 0 Å². The van der Waals surface area contributed by atoms with Crippen LogP contribution in [0, 0.1) is 12.3 Å². The van der Waals surface area contributed by atoms with Crippen molar-refractivity contribution in [1.29, 1.82) is 0 Å². The summed E-state index contributed by atoms with van der Waals surface area (Å²) >= 11 is 0. The molecule has 0 atom stereocenters. The molecular weight excluding hydrogens is 229 g/mol. The van der Waals surface area contributed by atoms with Gasteiger partial charge >= 0.3 is 6.18 Å². The average Bonchev–Trinajstić information content (AvgIpc) is 2.14. The molecule has 1 rings (SSSR count). The van der Waals surface area contributed by atoms with Crippen LogP contribution in [0.4, 0.5) is 13.2 Å². The Morgan fingerprint density at radius 3 is 2.06 bits per heavy atom. The molecule has 0 radical (unpaired) electrons. The quantitative estimate of drug-likeness (QED) is 0.675. The molecule has 0 aliphatic carbocycles. The van der Waals surface area contributed by atoms with Gasteiger partial charge in [-0.05, 0) is 13.0 Å². The lowest BCUT2D eigenvalue weighted by atomic mass is 9.84. The van der Waals surface area contributed by atoms with Crippen LogP contribution in [-0.4, -0.2) is 5.78 Å². The molecule has 0 bridgehead atoms. The second kappa shape index (κ2) is 4.17. The molecule has 0 aliphatic heterocycles. The molecule has 0 N–H and O–H groups in total. The number of aryl methyl sites for hydroxylation is 1. The summed E-state index contributed by atoms with van der Waals surface area (Å²) in [7, 11) is 0. The molecule has 4 heteroatoms. The van der Waals surface area contributed by atoms with Crippen molar-refractivity contribution in [2.75, 3.05) is 0 Å². The molecule has 0 unspecified atom stereocenters. The summed E-state index contributed by atoms with van der Waals surface area (Å²) in [5.74, 6) is -0.496. The molecule has 0 spiro atoms. The molecule has 1 aromatic carbocycles. The van der Waals surface area contributed by atoms with Gasteiger partial charge in [0.05, 0.1) is 5.56 Å². The Balaban J connectivity index is 3.40. The standard InChI is InChI=1S/C13H15F3O/c1-8-5-6-9(11(17)12(2,3)4)10(7-8)13(14,15)16/h5-7H,1-4H3. The minimum Gasteiger partial charge on any atom is -0.294 e. The number of carbonyl (C=O) groups is 1. The number of benzene rings is 1. The van der Waals surface area contributed by atoms with Gasteiger partial charge in [-0.3, -0.25) is 4.79 Å².